The van der Waals surface area contributed by atoms with Crippen molar-refractivity contribution in [1.29, 1.82) is 0 Å². The van der Waals surface area contributed by atoms with Gasteiger partial charge in [-0.25, -0.2) is 0 Å². The third-order valence-corrected chi connectivity index (χ3v) is 9.72. The Labute approximate surface area is 302 Å². The molecule has 0 saturated carbocycles. The highest BCUT2D eigenvalue weighted by Gasteiger charge is 2.36. The summed E-state index contributed by atoms with van der Waals surface area (Å²) in [5.41, 5.74) is 0. The van der Waals surface area contributed by atoms with E-state index in [-0.39, 0.29) is 12.8 Å². The number of esters is 2. The van der Waals surface area contributed by atoms with Gasteiger partial charge in [-0.3, -0.25) is 14.4 Å². The van der Waals surface area contributed by atoms with Crippen molar-refractivity contribution < 1.29 is 34.1 Å². The van der Waals surface area contributed by atoms with Gasteiger partial charge < -0.3 is 19.7 Å². The smallest absolute Gasteiger partial charge is 0.306 e. The summed E-state index contributed by atoms with van der Waals surface area (Å²) in [6.07, 6.45) is 33.0. The average molecular weight is 697 g/mol. The number of ketones is 1. The molecule has 0 heterocycles. The van der Waals surface area contributed by atoms with Gasteiger partial charge in [-0.2, -0.15) is 0 Å². The molecule has 0 radical (unpaired) electrons. The summed E-state index contributed by atoms with van der Waals surface area (Å²) >= 11 is 0. The number of aliphatic hydroxyl groups is 2. The van der Waals surface area contributed by atoms with Crippen molar-refractivity contribution in [3.05, 3.63) is 0 Å². The lowest BCUT2D eigenvalue weighted by atomic mass is 10.0. The molecule has 7 heteroatoms. The summed E-state index contributed by atoms with van der Waals surface area (Å²) in [6, 6.07) is 0. The zero-order chi connectivity index (χ0) is 36.2. The van der Waals surface area contributed by atoms with Gasteiger partial charge in [-0.15, -0.1) is 0 Å². The lowest BCUT2D eigenvalue weighted by Gasteiger charge is -2.25. The molecule has 3 atom stereocenters. The van der Waals surface area contributed by atoms with E-state index in [0.717, 1.165) is 38.5 Å². The van der Waals surface area contributed by atoms with E-state index in [1.54, 1.807) is 0 Å². The van der Waals surface area contributed by atoms with E-state index < -0.39 is 42.6 Å². The molecule has 0 aliphatic heterocycles. The second-order valence-corrected chi connectivity index (χ2v) is 14.6. The van der Waals surface area contributed by atoms with E-state index in [9.17, 15) is 24.6 Å². The van der Waals surface area contributed by atoms with Crippen LogP contribution in [0.15, 0.2) is 0 Å². The molecule has 0 amide bonds. The van der Waals surface area contributed by atoms with Crippen molar-refractivity contribution in [3.8, 4) is 0 Å². The van der Waals surface area contributed by atoms with Gasteiger partial charge in [0.1, 0.15) is 6.10 Å². The molecule has 0 aromatic rings. The second-order valence-electron chi connectivity index (χ2n) is 14.6. The molecule has 0 saturated heterocycles. The molecular formula is C42H80O7. The summed E-state index contributed by atoms with van der Waals surface area (Å²) in [5, 5.41) is 19.8. The predicted octanol–water partition coefficient (Wildman–Crippen LogP) is 11.3. The molecule has 0 aromatic heterocycles. The Morgan fingerprint density at radius 3 is 0.980 bits per heavy atom. The number of aliphatic hydroxyl groups excluding tert-OH is 2. The summed E-state index contributed by atoms with van der Waals surface area (Å²) < 4.78 is 10.8. The van der Waals surface area contributed by atoms with E-state index in [2.05, 4.69) is 13.8 Å². The first kappa shape index (κ1) is 47.5. The van der Waals surface area contributed by atoms with Crippen LogP contribution in [0.1, 0.15) is 226 Å². The minimum atomic E-state index is -1.51. The van der Waals surface area contributed by atoms with Gasteiger partial charge in [0.2, 0.25) is 11.9 Å². The fourth-order valence-electron chi connectivity index (χ4n) is 6.46. The summed E-state index contributed by atoms with van der Waals surface area (Å²) in [6.45, 7) is 5.13. The average Bonchev–Trinajstić information content (AvgIpc) is 3.09. The molecule has 0 bridgehead atoms. The third-order valence-electron chi connectivity index (χ3n) is 9.72. The Balaban J connectivity index is 4.08. The van der Waals surface area contributed by atoms with Gasteiger partial charge in [0.15, 0.2) is 6.10 Å². The molecule has 0 spiro atoms. The molecule has 290 valence electrons. The Morgan fingerprint density at radius 1 is 0.449 bits per heavy atom. The topological polar surface area (TPSA) is 110 Å². The number of unbranched alkanes of at least 4 members (excludes halogenated alkanes) is 28. The lowest BCUT2D eigenvalue weighted by molar-refractivity contribution is -0.177. The number of hydrogen-bond acceptors (Lipinski definition) is 7. The van der Waals surface area contributed by atoms with Crippen molar-refractivity contribution in [2.24, 2.45) is 0 Å². The molecule has 0 fully saturated rings. The first-order valence-corrected chi connectivity index (χ1v) is 21.1. The van der Waals surface area contributed by atoms with Crippen LogP contribution in [0.3, 0.4) is 0 Å². The molecule has 2 N–H and O–H groups in total. The molecular weight excluding hydrogens is 616 g/mol. The maximum Gasteiger partial charge on any atom is 0.306 e. The number of rotatable bonds is 38. The fourth-order valence-corrected chi connectivity index (χ4v) is 6.46. The Hall–Kier alpha value is -1.47. The highest BCUT2D eigenvalue weighted by Crippen LogP contribution is 2.17. The fraction of sp³-hybridized carbons (Fsp3) is 0.929. The van der Waals surface area contributed by atoms with Gasteiger partial charge in [0.25, 0.3) is 0 Å². The molecule has 3 unspecified atom stereocenters. The van der Waals surface area contributed by atoms with Crippen molar-refractivity contribution in [3.63, 3.8) is 0 Å². The Morgan fingerprint density at radius 2 is 0.714 bits per heavy atom. The summed E-state index contributed by atoms with van der Waals surface area (Å²) in [4.78, 5) is 37.7. The Kier molecular flexibility index (Phi) is 35.2. The van der Waals surface area contributed by atoms with Crippen LogP contribution in [0.5, 0.6) is 0 Å². The number of Topliss-reactive ketones (excluding diaryl/α,β-unsaturated/α-hetero) is 1. The monoisotopic (exact) mass is 697 g/mol. The van der Waals surface area contributed by atoms with Crippen molar-refractivity contribution in [2.75, 3.05) is 6.61 Å². The van der Waals surface area contributed by atoms with E-state index in [0.29, 0.717) is 12.8 Å². The lowest BCUT2D eigenvalue weighted by Crippen LogP contribution is -2.46. The minimum absolute atomic E-state index is 0.146. The number of hydrogen-bond donors (Lipinski definition) is 2. The van der Waals surface area contributed by atoms with Gasteiger partial charge in [-0.05, 0) is 19.8 Å². The van der Waals surface area contributed by atoms with Crippen molar-refractivity contribution in [1.82, 2.24) is 0 Å². The SMILES string of the molecule is CCCCCCCCCCCCCCCCCC(=O)OC(CO)C(OC(=O)CCCCCCCCCCCCCCCCC)C(=O)C(C)O. The maximum atomic E-state index is 12.7. The van der Waals surface area contributed by atoms with Crippen LogP contribution in [-0.2, 0) is 23.9 Å². The van der Waals surface area contributed by atoms with Crippen LogP contribution in [0.25, 0.3) is 0 Å². The van der Waals surface area contributed by atoms with E-state index in [1.807, 2.05) is 0 Å². The first-order chi connectivity index (χ1) is 23.9. The maximum absolute atomic E-state index is 12.7. The Bertz CT molecular complexity index is 753. The van der Waals surface area contributed by atoms with Crippen molar-refractivity contribution >= 4 is 17.7 Å². The van der Waals surface area contributed by atoms with Crippen LogP contribution in [0, 0.1) is 0 Å². The standard InChI is InChI=1S/C42H80O7/c1-4-6-8-10-12-14-16-18-20-22-24-26-28-30-32-34-39(45)48-38(36-43)42(41(47)37(3)44)49-40(46)35-33-31-29-27-25-23-21-19-17-15-13-11-9-7-5-2/h37-38,42-44H,4-36H2,1-3H3. The van der Waals surface area contributed by atoms with Crippen LogP contribution in [0.4, 0.5) is 0 Å². The largest absolute Gasteiger partial charge is 0.455 e. The van der Waals surface area contributed by atoms with E-state index >= 15 is 0 Å². The zero-order valence-corrected chi connectivity index (χ0v) is 32.5. The zero-order valence-electron chi connectivity index (χ0n) is 32.5. The predicted molar refractivity (Wildman–Crippen MR) is 203 cm³/mol. The molecule has 0 aliphatic carbocycles. The number of ether oxygens (including phenoxy) is 2. The normalized spacial score (nSPS) is 13.2. The minimum Gasteiger partial charge on any atom is -0.455 e. The highest BCUT2D eigenvalue weighted by atomic mass is 16.6. The highest BCUT2D eigenvalue weighted by molar-refractivity contribution is 5.89. The quantitative estimate of drug-likeness (QED) is 0.0488. The number of carbonyl (C=O) groups excluding carboxylic acids is 3. The van der Waals surface area contributed by atoms with Crippen LogP contribution < -0.4 is 0 Å². The number of carbonyl (C=O) groups is 3. The third kappa shape index (κ3) is 31.0. The van der Waals surface area contributed by atoms with Crippen LogP contribution >= 0.6 is 0 Å². The summed E-state index contributed by atoms with van der Waals surface area (Å²) in [5.74, 6) is -1.88. The van der Waals surface area contributed by atoms with E-state index in [1.165, 1.54) is 148 Å². The van der Waals surface area contributed by atoms with Crippen molar-refractivity contribution in [2.45, 2.75) is 245 Å². The first-order valence-electron chi connectivity index (χ1n) is 21.1. The van der Waals surface area contributed by atoms with Gasteiger partial charge in [0.05, 0.1) is 6.61 Å². The second kappa shape index (κ2) is 36.3. The molecule has 0 aromatic carbocycles. The molecule has 0 rings (SSSR count). The van der Waals surface area contributed by atoms with Gasteiger partial charge in [-0.1, -0.05) is 194 Å². The van der Waals surface area contributed by atoms with E-state index in [4.69, 9.17) is 9.47 Å². The van der Waals surface area contributed by atoms with Crippen LogP contribution in [-0.4, -0.2) is 52.9 Å². The summed E-state index contributed by atoms with van der Waals surface area (Å²) in [7, 11) is 0. The van der Waals surface area contributed by atoms with Crippen LogP contribution in [0.2, 0.25) is 0 Å². The van der Waals surface area contributed by atoms with Gasteiger partial charge in [0, 0.05) is 12.8 Å². The molecule has 49 heavy (non-hydrogen) atoms. The molecule has 0 aliphatic rings. The molecule has 7 nitrogen and oxygen atoms in total. The van der Waals surface area contributed by atoms with Gasteiger partial charge >= 0.3 is 11.9 Å².